The number of fused-ring (bicyclic) bond motifs is 5. The molecule has 0 radical (unpaired) electrons. The lowest BCUT2D eigenvalue weighted by Gasteiger charge is -2.56. The van der Waals surface area contributed by atoms with E-state index in [1.165, 1.54) is 19.4 Å². The number of ether oxygens (including phenoxy) is 2. The van der Waals surface area contributed by atoms with Crippen LogP contribution < -0.4 is 0 Å². The zero-order chi connectivity index (χ0) is 20.3. The Labute approximate surface area is 167 Å². The van der Waals surface area contributed by atoms with Gasteiger partial charge in [0.25, 0.3) is 0 Å². The summed E-state index contributed by atoms with van der Waals surface area (Å²) >= 11 is 0. The van der Waals surface area contributed by atoms with Crippen LogP contribution in [0.4, 0.5) is 0 Å². The number of hydrogen-bond acceptors (Lipinski definition) is 5. The molecule has 4 aliphatic rings. The molecule has 0 N–H and O–H groups in total. The van der Waals surface area contributed by atoms with Crippen LogP contribution in [0.5, 0.6) is 0 Å². The Morgan fingerprint density at radius 2 is 1.68 bits per heavy atom. The minimum atomic E-state index is -0.245. The number of allylic oxidation sites excluding steroid dienone is 1. The summed E-state index contributed by atoms with van der Waals surface area (Å²) in [7, 11) is 0. The highest BCUT2D eigenvalue weighted by Gasteiger charge is 2.61. The third-order valence-electron chi connectivity index (χ3n) is 8.45. The van der Waals surface area contributed by atoms with Crippen LogP contribution in [0.1, 0.15) is 72.6 Å². The molecule has 3 saturated carbocycles. The van der Waals surface area contributed by atoms with E-state index in [4.69, 9.17) is 9.47 Å². The lowest BCUT2D eigenvalue weighted by atomic mass is 9.47. The van der Waals surface area contributed by atoms with E-state index < -0.39 is 0 Å². The Morgan fingerprint density at radius 3 is 2.36 bits per heavy atom. The van der Waals surface area contributed by atoms with Crippen molar-refractivity contribution in [1.82, 2.24) is 0 Å². The fourth-order valence-electron chi connectivity index (χ4n) is 7.05. The van der Waals surface area contributed by atoms with Crippen molar-refractivity contribution in [2.45, 2.75) is 84.8 Å². The summed E-state index contributed by atoms with van der Waals surface area (Å²) in [5, 5.41) is 0. The van der Waals surface area contributed by atoms with Crippen molar-refractivity contribution in [3.63, 3.8) is 0 Å². The summed E-state index contributed by atoms with van der Waals surface area (Å²) in [5.74, 6) is 0.419. The maximum absolute atomic E-state index is 13.3. The lowest BCUT2D eigenvalue weighted by molar-refractivity contribution is -0.158. The van der Waals surface area contributed by atoms with Crippen LogP contribution in [0.3, 0.4) is 0 Å². The topological polar surface area (TPSA) is 69.7 Å². The van der Waals surface area contributed by atoms with E-state index >= 15 is 0 Å². The zero-order valence-corrected chi connectivity index (χ0v) is 17.5. The smallest absolute Gasteiger partial charge is 0.302 e. The maximum Gasteiger partial charge on any atom is 0.302 e. The molecule has 3 unspecified atom stereocenters. The normalized spacial score (nSPS) is 44.6. The van der Waals surface area contributed by atoms with E-state index in [1.54, 1.807) is 0 Å². The van der Waals surface area contributed by atoms with Crippen LogP contribution in [0.25, 0.3) is 0 Å². The number of carbonyl (C=O) groups excluding carboxylic acids is 3. The van der Waals surface area contributed by atoms with E-state index in [2.05, 4.69) is 13.8 Å². The van der Waals surface area contributed by atoms with Gasteiger partial charge in [-0.15, -0.1) is 0 Å². The van der Waals surface area contributed by atoms with Gasteiger partial charge in [0, 0.05) is 31.6 Å². The summed E-state index contributed by atoms with van der Waals surface area (Å²) in [6.45, 7) is 7.46. The Bertz CT molecular complexity index is 739. The summed E-state index contributed by atoms with van der Waals surface area (Å²) in [6.07, 6.45) is 8.02. The molecular formula is C23H32O5. The van der Waals surface area contributed by atoms with Crippen LogP contribution >= 0.6 is 0 Å². The van der Waals surface area contributed by atoms with Gasteiger partial charge in [0.15, 0.2) is 5.78 Å². The average Bonchev–Trinajstić information content (AvgIpc) is 2.92. The summed E-state index contributed by atoms with van der Waals surface area (Å²) < 4.78 is 11.1. The summed E-state index contributed by atoms with van der Waals surface area (Å²) in [4.78, 5) is 36.2. The molecule has 0 aromatic rings. The van der Waals surface area contributed by atoms with Crippen molar-refractivity contribution in [1.29, 1.82) is 0 Å². The molecule has 7 atom stereocenters. The highest BCUT2D eigenvalue weighted by atomic mass is 16.5. The monoisotopic (exact) mass is 388 g/mol. The summed E-state index contributed by atoms with van der Waals surface area (Å²) in [5.41, 5.74) is 1.09. The first kappa shape index (κ1) is 19.7. The van der Waals surface area contributed by atoms with Crippen molar-refractivity contribution in [2.75, 3.05) is 0 Å². The van der Waals surface area contributed by atoms with Gasteiger partial charge in [-0.05, 0) is 61.9 Å². The SMILES string of the molecule is CC(=O)O[C@H]1CC[C@@]2(C)C(=CC(=O)C3C2CC[C@@]2(C)C3CC[C@@H]2OC(C)=O)C1. The largest absolute Gasteiger partial charge is 0.462 e. The Hall–Kier alpha value is -1.65. The summed E-state index contributed by atoms with van der Waals surface area (Å²) in [6, 6.07) is 0. The van der Waals surface area contributed by atoms with Gasteiger partial charge in [0.05, 0.1) is 0 Å². The molecule has 0 aliphatic heterocycles. The van der Waals surface area contributed by atoms with E-state index in [9.17, 15) is 14.4 Å². The van der Waals surface area contributed by atoms with Gasteiger partial charge in [0.2, 0.25) is 0 Å². The second kappa shape index (κ2) is 6.70. The number of rotatable bonds is 2. The molecule has 28 heavy (non-hydrogen) atoms. The van der Waals surface area contributed by atoms with Crippen molar-refractivity contribution in [3.05, 3.63) is 11.6 Å². The van der Waals surface area contributed by atoms with Gasteiger partial charge in [0.1, 0.15) is 12.2 Å². The second-order valence-corrected chi connectivity index (χ2v) is 9.92. The second-order valence-electron chi connectivity index (χ2n) is 9.92. The Kier molecular flexibility index (Phi) is 4.71. The quantitative estimate of drug-likeness (QED) is 0.669. The minimum Gasteiger partial charge on any atom is -0.462 e. The van der Waals surface area contributed by atoms with Crippen LogP contribution in [0.15, 0.2) is 11.6 Å². The average molecular weight is 389 g/mol. The first-order chi connectivity index (χ1) is 13.1. The van der Waals surface area contributed by atoms with Crippen molar-refractivity contribution < 1.29 is 23.9 Å². The first-order valence-electron chi connectivity index (χ1n) is 10.7. The van der Waals surface area contributed by atoms with E-state index in [0.29, 0.717) is 12.3 Å². The van der Waals surface area contributed by atoms with Crippen molar-refractivity contribution in [3.8, 4) is 0 Å². The minimum absolute atomic E-state index is 0.01000. The first-order valence-corrected chi connectivity index (χ1v) is 10.7. The van der Waals surface area contributed by atoms with Gasteiger partial charge < -0.3 is 9.47 Å². The fraction of sp³-hybridized carbons (Fsp3) is 0.783. The van der Waals surface area contributed by atoms with E-state index in [-0.39, 0.29) is 52.6 Å². The van der Waals surface area contributed by atoms with Gasteiger partial charge in [-0.25, -0.2) is 0 Å². The number of hydrogen-bond donors (Lipinski definition) is 0. The van der Waals surface area contributed by atoms with Gasteiger partial charge in [-0.1, -0.05) is 19.4 Å². The van der Waals surface area contributed by atoms with Gasteiger partial charge in [-0.3, -0.25) is 14.4 Å². The van der Waals surface area contributed by atoms with Crippen LogP contribution in [-0.4, -0.2) is 29.9 Å². The lowest BCUT2D eigenvalue weighted by Crippen LogP contribution is -2.54. The van der Waals surface area contributed by atoms with Crippen molar-refractivity contribution in [2.24, 2.45) is 28.6 Å². The maximum atomic E-state index is 13.3. The molecule has 4 rings (SSSR count). The highest BCUT2D eigenvalue weighted by molar-refractivity contribution is 5.94. The molecule has 0 heterocycles. The molecule has 5 heteroatoms. The number of esters is 2. The molecule has 154 valence electrons. The molecule has 3 fully saturated rings. The molecule has 0 aromatic carbocycles. The molecule has 0 saturated heterocycles. The third kappa shape index (κ3) is 2.93. The van der Waals surface area contributed by atoms with Crippen LogP contribution in [-0.2, 0) is 23.9 Å². The highest BCUT2D eigenvalue weighted by Crippen LogP contribution is 2.64. The third-order valence-corrected chi connectivity index (χ3v) is 8.45. The van der Waals surface area contributed by atoms with Crippen molar-refractivity contribution >= 4 is 17.7 Å². The molecule has 0 amide bonds. The molecule has 0 bridgehead atoms. The number of carbonyl (C=O) groups is 3. The van der Waals surface area contributed by atoms with Crippen LogP contribution in [0.2, 0.25) is 0 Å². The fourth-order valence-corrected chi connectivity index (χ4v) is 7.05. The van der Waals surface area contributed by atoms with Gasteiger partial charge in [-0.2, -0.15) is 0 Å². The van der Waals surface area contributed by atoms with Crippen LogP contribution in [0, 0.1) is 28.6 Å². The van der Waals surface area contributed by atoms with E-state index in [1.807, 2.05) is 6.08 Å². The standard InChI is InChI=1S/C23H32O5/c1-13(24)27-16-7-9-22(3)15(11-16)12-19(26)21-17-5-6-20(28-14(2)25)23(17,4)10-8-18(21)22/h12,16-18,20-21H,5-11H2,1-4H3/t16-,17?,18?,20-,21?,22-,23-/m0/s1. The van der Waals surface area contributed by atoms with E-state index in [0.717, 1.165) is 38.5 Å². The predicted octanol–water partition coefficient (Wildman–Crippen LogP) is 3.99. The Morgan fingerprint density at radius 1 is 0.964 bits per heavy atom. The number of ketones is 1. The Balaban J connectivity index is 1.62. The predicted molar refractivity (Wildman–Crippen MR) is 103 cm³/mol. The molecular weight excluding hydrogens is 356 g/mol. The molecule has 5 nitrogen and oxygen atoms in total. The molecule has 4 aliphatic carbocycles. The zero-order valence-electron chi connectivity index (χ0n) is 17.5. The molecule has 0 aromatic heterocycles. The molecule has 0 spiro atoms. The van der Waals surface area contributed by atoms with Gasteiger partial charge >= 0.3 is 11.9 Å².